The zero-order valence-electron chi connectivity index (χ0n) is 11.7. The minimum absolute atomic E-state index is 0.0421. The summed E-state index contributed by atoms with van der Waals surface area (Å²) in [7, 11) is -3.66. The van der Waals surface area contributed by atoms with Gasteiger partial charge in [0.15, 0.2) is 0 Å². The van der Waals surface area contributed by atoms with Crippen LogP contribution >= 0.6 is 22.9 Å². The zero-order valence-corrected chi connectivity index (χ0v) is 14.1. The number of hydrogen-bond acceptors (Lipinski definition) is 4. The van der Waals surface area contributed by atoms with E-state index in [0.717, 1.165) is 29.7 Å². The Morgan fingerprint density at radius 1 is 1.23 bits per heavy atom. The van der Waals surface area contributed by atoms with Crippen molar-refractivity contribution in [2.45, 2.75) is 22.7 Å². The van der Waals surface area contributed by atoms with E-state index in [-0.39, 0.29) is 16.7 Å². The fourth-order valence-corrected chi connectivity index (χ4v) is 5.09. The molecular formula is C15H16ClNO3S2. The van der Waals surface area contributed by atoms with Gasteiger partial charge in [0.05, 0.1) is 4.34 Å². The van der Waals surface area contributed by atoms with E-state index in [1.165, 1.54) is 6.07 Å². The summed E-state index contributed by atoms with van der Waals surface area (Å²) in [5.74, 6) is 0.0875. The Bertz CT molecular complexity index is 756. The van der Waals surface area contributed by atoms with Gasteiger partial charge in [-0.2, -0.15) is 0 Å². The Labute approximate surface area is 138 Å². The molecule has 1 atom stereocenters. The van der Waals surface area contributed by atoms with E-state index >= 15 is 0 Å². The highest BCUT2D eigenvalue weighted by atomic mass is 35.5. The van der Waals surface area contributed by atoms with Crippen LogP contribution in [0.25, 0.3) is 0 Å². The average molecular weight is 358 g/mol. The molecule has 1 heterocycles. The van der Waals surface area contributed by atoms with Gasteiger partial charge < -0.3 is 5.11 Å². The lowest BCUT2D eigenvalue weighted by molar-refractivity contribution is 0.0185. The zero-order chi connectivity index (χ0) is 15.8. The maximum atomic E-state index is 12.3. The van der Waals surface area contributed by atoms with E-state index in [9.17, 15) is 13.5 Å². The summed E-state index contributed by atoms with van der Waals surface area (Å²) in [4.78, 5) is 0. The van der Waals surface area contributed by atoms with Gasteiger partial charge in [-0.25, -0.2) is 13.1 Å². The number of rotatable bonds is 6. The Kier molecular flexibility index (Phi) is 4.31. The Morgan fingerprint density at radius 2 is 1.91 bits per heavy atom. The van der Waals surface area contributed by atoms with Crippen molar-refractivity contribution in [3.8, 4) is 0 Å². The highest BCUT2D eigenvalue weighted by molar-refractivity contribution is 7.91. The van der Waals surface area contributed by atoms with Gasteiger partial charge in [0.25, 0.3) is 0 Å². The summed E-state index contributed by atoms with van der Waals surface area (Å²) in [5.41, 5.74) is -0.431. The van der Waals surface area contributed by atoms with Crippen LogP contribution in [0.3, 0.4) is 0 Å². The van der Waals surface area contributed by atoms with E-state index in [1.807, 2.05) is 30.3 Å². The molecule has 0 radical (unpaired) electrons. The van der Waals surface area contributed by atoms with Gasteiger partial charge in [-0.15, -0.1) is 11.3 Å². The molecule has 22 heavy (non-hydrogen) atoms. The van der Waals surface area contributed by atoms with Gasteiger partial charge >= 0.3 is 0 Å². The van der Waals surface area contributed by atoms with Crippen LogP contribution in [0.2, 0.25) is 4.34 Å². The van der Waals surface area contributed by atoms with Crippen molar-refractivity contribution in [1.82, 2.24) is 4.72 Å². The first-order valence-corrected chi connectivity index (χ1v) is 9.62. The minimum atomic E-state index is -3.66. The van der Waals surface area contributed by atoms with Crippen LogP contribution in [0.15, 0.2) is 46.7 Å². The largest absolute Gasteiger partial charge is 0.383 e. The number of halogens is 1. The highest BCUT2D eigenvalue weighted by Crippen LogP contribution is 2.45. The van der Waals surface area contributed by atoms with E-state index in [0.29, 0.717) is 4.34 Å². The van der Waals surface area contributed by atoms with Gasteiger partial charge in [0.2, 0.25) is 10.0 Å². The standard InChI is InChI=1S/C15H16ClNO3S2/c16-13-8-9-14(21-13)22(19,20)17-10-15(18,12-6-7-12)11-4-2-1-3-5-11/h1-5,8-9,12,17-18H,6-7,10H2. The van der Waals surface area contributed by atoms with Gasteiger partial charge in [0.1, 0.15) is 9.81 Å². The van der Waals surface area contributed by atoms with Crippen LogP contribution < -0.4 is 4.72 Å². The number of benzene rings is 1. The fraction of sp³-hybridized carbons (Fsp3) is 0.333. The normalized spacial score (nSPS) is 18.1. The second-order valence-electron chi connectivity index (χ2n) is 5.45. The van der Waals surface area contributed by atoms with Crippen molar-refractivity contribution < 1.29 is 13.5 Å². The smallest absolute Gasteiger partial charge is 0.250 e. The first-order chi connectivity index (χ1) is 10.4. The molecule has 1 unspecified atom stereocenters. The van der Waals surface area contributed by atoms with Gasteiger partial charge in [0, 0.05) is 6.54 Å². The van der Waals surface area contributed by atoms with Crippen molar-refractivity contribution in [3.63, 3.8) is 0 Å². The molecule has 118 valence electrons. The topological polar surface area (TPSA) is 66.4 Å². The van der Waals surface area contributed by atoms with Crippen LogP contribution in [0.5, 0.6) is 0 Å². The molecule has 1 fully saturated rings. The second-order valence-corrected chi connectivity index (χ2v) is 9.16. The van der Waals surface area contributed by atoms with Crippen LogP contribution in [-0.2, 0) is 15.6 Å². The lowest BCUT2D eigenvalue weighted by Gasteiger charge is -2.29. The minimum Gasteiger partial charge on any atom is -0.383 e. The van der Waals surface area contributed by atoms with Crippen LogP contribution in [0.1, 0.15) is 18.4 Å². The monoisotopic (exact) mass is 357 g/mol. The molecule has 1 aromatic heterocycles. The maximum Gasteiger partial charge on any atom is 0.250 e. The molecule has 1 aromatic carbocycles. The molecule has 1 saturated carbocycles. The van der Waals surface area contributed by atoms with E-state index < -0.39 is 15.6 Å². The fourth-order valence-electron chi connectivity index (χ4n) is 2.49. The lowest BCUT2D eigenvalue weighted by atomic mass is 9.89. The van der Waals surface area contributed by atoms with E-state index in [1.54, 1.807) is 6.07 Å². The molecule has 2 N–H and O–H groups in total. The van der Waals surface area contributed by atoms with Gasteiger partial charge in [-0.1, -0.05) is 41.9 Å². The third-order valence-corrected chi connectivity index (χ3v) is 7.00. The first kappa shape index (κ1) is 16.0. The molecule has 0 bridgehead atoms. The molecule has 0 aliphatic heterocycles. The van der Waals surface area contributed by atoms with Crippen molar-refractivity contribution >= 4 is 33.0 Å². The molecule has 0 spiro atoms. The van der Waals surface area contributed by atoms with Crippen molar-refractivity contribution in [1.29, 1.82) is 0 Å². The Morgan fingerprint density at radius 3 is 2.45 bits per heavy atom. The third-order valence-electron chi connectivity index (χ3n) is 3.87. The summed E-state index contributed by atoms with van der Waals surface area (Å²) in [6.07, 6.45) is 1.80. The summed E-state index contributed by atoms with van der Waals surface area (Å²) in [5, 5.41) is 11.0. The molecule has 0 amide bonds. The van der Waals surface area contributed by atoms with Crippen molar-refractivity contribution in [3.05, 3.63) is 52.4 Å². The lowest BCUT2D eigenvalue weighted by Crippen LogP contribution is -2.42. The molecule has 1 aliphatic carbocycles. The predicted octanol–water partition coefficient (Wildman–Crippen LogP) is 2.98. The molecule has 7 heteroatoms. The summed E-state index contributed by atoms with van der Waals surface area (Å²) in [6, 6.07) is 12.2. The van der Waals surface area contributed by atoms with Gasteiger partial charge in [-0.05, 0) is 36.5 Å². The van der Waals surface area contributed by atoms with Gasteiger partial charge in [-0.3, -0.25) is 0 Å². The highest BCUT2D eigenvalue weighted by Gasteiger charge is 2.45. The molecule has 2 aromatic rings. The van der Waals surface area contributed by atoms with E-state index in [4.69, 9.17) is 11.6 Å². The quantitative estimate of drug-likeness (QED) is 0.835. The average Bonchev–Trinajstić information content (AvgIpc) is 3.28. The molecular weight excluding hydrogens is 342 g/mol. The number of hydrogen-bond donors (Lipinski definition) is 2. The third kappa shape index (κ3) is 3.21. The Balaban J connectivity index is 1.81. The SMILES string of the molecule is O=S(=O)(NCC(O)(c1ccccc1)C1CC1)c1ccc(Cl)s1. The van der Waals surface area contributed by atoms with Crippen LogP contribution in [0.4, 0.5) is 0 Å². The number of aliphatic hydroxyl groups is 1. The first-order valence-electron chi connectivity index (χ1n) is 6.95. The second kappa shape index (κ2) is 5.94. The van der Waals surface area contributed by atoms with Crippen molar-refractivity contribution in [2.75, 3.05) is 6.54 Å². The maximum absolute atomic E-state index is 12.3. The summed E-state index contributed by atoms with van der Waals surface area (Å²) in [6.45, 7) is -0.0421. The molecule has 0 saturated heterocycles. The number of sulfonamides is 1. The predicted molar refractivity (Wildman–Crippen MR) is 87.6 cm³/mol. The molecule has 1 aliphatic rings. The molecule has 4 nitrogen and oxygen atoms in total. The number of nitrogens with one attached hydrogen (secondary N) is 1. The number of thiophene rings is 1. The molecule has 3 rings (SSSR count). The van der Waals surface area contributed by atoms with E-state index in [2.05, 4.69) is 4.72 Å². The van der Waals surface area contributed by atoms with Crippen LogP contribution in [-0.4, -0.2) is 20.1 Å². The van der Waals surface area contributed by atoms with Crippen molar-refractivity contribution in [2.24, 2.45) is 5.92 Å². The van der Waals surface area contributed by atoms with Crippen LogP contribution in [0, 0.1) is 5.92 Å². The summed E-state index contributed by atoms with van der Waals surface area (Å²) >= 11 is 6.79. The Hall–Kier alpha value is -0.920. The summed E-state index contributed by atoms with van der Waals surface area (Å²) < 4.78 is 27.7.